The zero-order valence-corrected chi connectivity index (χ0v) is 21.8. The Morgan fingerprint density at radius 3 is 1.83 bits per heavy atom. The Bertz CT molecular complexity index is 1060. The largest absolute Gasteiger partial charge is 0.494 e. The summed E-state index contributed by atoms with van der Waals surface area (Å²) in [5, 5.41) is 11.0. The standard InChI is InChI=1S/C27H32N4O2S2/c1-3-32-24-14-10-22(11-15-24)29-26(34)28-18-19-31(20-21-8-6-5-7-9-21)27(35)30-23-12-16-25(17-13-23)33-4-2/h5-17H,3-4,18-20H2,1-2H3,(H,30,35)(H2,28,29,34). The van der Waals surface area contributed by atoms with E-state index in [2.05, 4.69) is 33.0 Å². The van der Waals surface area contributed by atoms with E-state index in [0.717, 1.165) is 22.9 Å². The fraction of sp³-hybridized carbons (Fsp3) is 0.259. The molecule has 3 N–H and O–H groups in total. The summed E-state index contributed by atoms with van der Waals surface area (Å²) >= 11 is 11.2. The second-order valence-electron chi connectivity index (χ2n) is 7.63. The van der Waals surface area contributed by atoms with Crippen LogP contribution in [0.25, 0.3) is 0 Å². The van der Waals surface area contributed by atoms with E-state index < -0.39 is 0 Å². The highest BCUT2D eigenvalue weighted by atomic mass is 32.1. The summed E-state index contributed by atoms with van der Waals surface area (Å²) in [5.41, 5.74) is 3.00. The molecule has 0 aliphatic rings. The van der Waals surface area contributed by atoms with E-state index in [9.17, 15) is 0 Å². The summed E-state index contributed by atoms with van der Waals surface area (Å²) in [5.74, 6) is 1.67. The topological polar surface area (TPSA) is 57.8 Å². The van der Waals surface area contributed by atoms with E-state index in [1.54, 1.807) is 0 Å². The molecular formula is C27H32N4O2S2. The van der Waals surface area contributed by atoms with Gasteiger partial charge in [-0.25, -0.2) is 0 Å². The van der Waals surface area contributed by atoms with Gasteiger partial charge in [-0.1, -0.05) is 30.3 Å². The zero-order valence-electron chi connectivity index (χ0n) is 20.1. The zero-order chi connectivity index (χ0) is 24.9. The molecule has 3 aromatic carbocycles. The summed E-state index contributed by atoms with van der Waals surface area (Å²) in [6.45, 7) is 7.19. The molecule has 35 heavy (non-hydrogen) atoms. The Labute approximate surface area is 218 Å². The molecule has 0 aromatic heterocycles. The third kappa shape index (κ3) is 9.07. The molecule has 0 amide bonds. The van der Waals surface area contributed by atoms with Crippen molar-refractivity contribution in [2.45, 2.75) is 20.4 Å². The van der Waals surface area contributed by atoms with Gasteiger partial charge in [0.2, 0.25) is 0 Å². The number of nitrogens with one attached hydrogen (secondary N) is 3. The van der Waals surface area contributed by atoms with Gasteiger partial charge in [0.15, 0.2) is 10.2 Å². The van der Waals surface area contributed by atoms with Gasteiger partial charge in [0.05, 0.1) is 13.2 Å². The van der Waals surface area contributed by atoms with Crippen LogP contribution in [0.4, 0.5) is 11.4 Å². The van der Waals surface area contributed by atoms with Crippen molar-refractivity contribution in [3.63, 3.8) is 0 Å². The molecule has 184 valence electrons. The summed E-state index contributed by atoms with van der Waals surface area (Å²) in [7, 11) is 0. The second kappa shape index (κ2) is 14.1. The van der Waals surface area contributed by atoms with Gasteiger partial charge in [-0.2, -0.15) is 0 Å². The lowest BCUT2D eigenvalue weighted by molar-refractivity contribution is 0.340. The highest BCUT2D eigenvalue weighted by molar-refractivity contribution is 7.80. The Morgan fingerprint density at radius 2 is 1.29 bits per heavy atom. The maximum Gasteiger partial charge on any atom is 0.173 e. The molecule has 0 bridgehead atoms. The minimum Gasteiger partial charge on any atom is -0.494 e. The number of anilines is 2. The van der Waals surface area contributed by atoms with Crippen molar-refractivity contribution in [2.24, 2.45) is 0 Å². The molecule has 0 saturated heterocycles. The minimum atomic E-state index is 0.555. The van der Waals surface area contributed by atoms with Gasteiger partial charge >= 0.3 is 0 Å². The van der Waals surface area contributed by atoms with E-state index >= 15 is 0 Å². The first-order valence-corrected chi connectivity index (χ1v) is 12.5. The molecule has 0 spiro atoms. The van der Waals surface area contributed by atoms with Crippen molar-refractivity contribution >= 4 is 46.0 Å². The van der Waals surface area contributed by atoms with Crippen molar-refractivity contribution in [2.75, 3.05) is 36.9 Å². The minimum absolute atomic E-state index is 0.555. The normalized spacial score (nSPS) is 10.2. The third-order valence-electron chi connectivity index (χ3n) is 5.01. The number of hydrogen-bond acceptors (Lipinski definition) is 4. The molecule has 8 heteroatoms. The molecule has 0 aliphatic carbocycles. The van der Waals surface area contributed by atoms with Gasteiger partial charge < -0.3 is 30.3 Å². The maximum atomic E-state index is 5.75. The number of ether oxygens (including phenoxy) is 2. The Hall–Kier alpha value is -3.36. The van der Waals surface area contributed by atoms with Crippen LogP contribution in [-0.4, -0.2) is 41.4 Å². The number of thiocarbonyl (C=S) groups is 2. The smallest absolute Gasteiger partial charge is 0.173 e. The molecule has 0 radical (unpaired) electrons. The number of hydrogen-bond donors (Lipinski definition) is 3. The summed E-state index contributed by atoms with van der Waals surface area (Å²) in [6, 6.07) is 25.8. The fourth-order valence-electron chi connectivity index (χ4n) is 3.34. The Morgan fingerprint density at radius 1 is 0.743 bits per heavy atom. The van der Waals surface area contributed by atoms with Crippen molar-refractivity contribution < 1.29 is 9.47 Å². The van der Waals surface area contributed by atoms with Crippen LogP contribution in [0.3, 0.4) is 0 Å². The first-order chi connectivity index (χ1) is 17.1. The Kier molecular flexibility index (Phi) is 10.6. The molecule has 0 heterocycles. The van der Waals surface area contributed by atoms with Crippen molar-refractivity contribution in [3.05, 3.63) is 84.4 Å². The molecule has 0 saturated carbocycles. The predicted octanol–water partition coefficient (Wildman–Crippen LogP) is 5.67. The quantitative estimate of drug-likeness (QED) is 0.287. The molecule has 6 nitrogen and oxygen atoms in total. The van der Waals surface area contributed by atoms with E-state index in [1.165, 1.54) is 5.56 Å². The monoisotopic (exact) mass is 508 g/mol. The van der Waals surface area contributed by atoms with Gasteiger partial charge in [0.1, 0.15) is 11.5 Å². The van der Waals surface area contributed by atoms with Crippen LogP contribution < -0.4 is 25.4 Å². The lowest BCUT2D eigenvalue weighted by Gasteiger charge is -2.26. The fourth-order valence-corrected chi connectivity index (χ4v) is 3.83. The summed E-state index contributed by atoms with van der Waals surface area (Å²) in [6.07, 6.45) is 0. The van der Waals surface area contributed by atoms with E-state index in [-0.39, 0.29) is 0 Å². The van der Waals surface area contributed by atoms with E-state index in [0.29, 0.717) is 43.1 Å². The SMILES string of the molecule is CCOc1ccc(NC(=S)NCCN(Cc2ccccc2)C(=S)Nc2ccc(OCC)cc2)cc1. The van der Waals surface area contributed by atoms with Crippen LogP contribution in [0.2, 0.25) is 0 Å². The van der Waals surface area contributed by atoms with Gasteiger partial charge in [-0.3, -0.25) is 0 Å². The van der Waals surface area contributed by atoms with Gasteiger partial charge in [-0.05, 0) is 92.4 Å². The second-order valence-corrected chi connectivity index (χ2v) is 8.43. The van der Waals surface area contributed by atoms with Crippen molar-refractivity contribution in [3.8, 4) is 11.5 Å². The first-order valence-electron chi connectivity index (χ1n) is 11.7. The third-order valence-corrected chi connectivity index (χ3v) is 5.62. The lowest BCUT2D eigenvalue weighted by atomic mass is 10.2. The molecule has 0 atom stereocenters. The number of rotatable bonds is 11. The maximum absolute atomic E-state index is 5.75. The van der Waals surface area contributed by atoms with E-state index in [4.69, 9.17) is 33.9 Å². The summed E-state index contributed by atoms with van der Waals surface area (Å²) in [4.78, 5) is 2.12. The average molecular weight is 509 g/mol. The molecule has 0 unspecified atom stereocenters. The van der Waals surface area contributed by atoms with Gasteiger partial charge in [-0.15, -0.1) is 0 Å². The highest BCUT2D eigenvalue weighted by Crippen LogP contribution is 2.17. The van der Waals surface area contributed by atoms with Crippen molar-refractivity contribution in [1.82, 2.24) is 10.2 Å². The van der Waals surface area contributed by atoms with Crippen LogP contribution >= 0.6 is 24.4 Å². The van der Waals surface area contributed by atoms with Crippen LogP contribution in [-0.2, 0) is 6.54 Å². The lowest BCUT2D eigenvalue weighted by Crippen LogP contribution is -2.41. The van der Waals surface area contributed by atoms with Gasteiger partial charge in [0, 0.05) is 31.0 Å². The van der Waals surface area contributed by atoms with Crippen LogP contribution in [0.1, 0.15) is 19.4 Å². The average Bonchev–Trinajstić information content (AvgIpc) is 2.87. The molecule has 3 aromatic rings. The molecule has 0 aliphatic heterocycles. The number of benzene rings is 3. The van der Waals surface area contributed by atoms with Crippen LogP contribution in [0, 0.1) is 0 Å². The van der Waals surface area contributed by atoms with E-state index in [1.807, 2.05) is 80.6 Å². The highest BCUT2D eigenvalue weighted by Gasteiger charge is 2.11. The number of nitrogens with zero attached hydrogens (tertiary/aromatic N) is 1. The Balaban J connectivity index is 1.55. The van der Waals surface area contributed by atoms with Crippen molar-refractivity contribution in [1.29, 1.82) is 0 Å². The van der Waals surface area contributed by atoms with Crippen LogP contribution in [0.15, 0.2) is 78.9 Å². The molecule has 3 rings (SSSR count). The summed E-state index contributed by atoms with van der Waals surface area (Å²) < 4.78 is 11.0. The predicted molar refractivity (Wildman–Crippen MR) is 153 cm³/mol. The molecular weight excluding hydrogens is 476 g/mol. The van der Waals surface area contributed by atoms with Crippen LogP contribution in [0.5, 0.6) is 11.5 Å². The molecule has 0 fully saturated rings. The first kappa shape index (κ1) is 26.2. The van der Waals surface area contributed by atoms with Gasteiger partial charge in [0.25, 0.3) is 0 Å².